The minimum Gasteiger partial charge on any atom is -0.493 e. The molecule has 0 saturated heterocycles. The van der Waals surface area contributed by atoms with Crippen LogP contribution in [-0.2, 0) is 19.7 Å². The van der Waals surface area contributed by atoms with Crippen LogP contribution in [0, 0.1) is 6.92 Å². The molecule has 3 rings (SSSR count). The van der Waals surface area contributed by atoms with Gasteiger partial charge < -0.3 is 14.8 Å². The quantitative estimate of drug-likeness (QED) is 0.660. The molecule has 0 bridgehead atoms. The molecule has 1 N–H and O–H groups in total. The number of para-hydroxylation sites is 1. The van der Waals surface area contributed by atoms with Crippen molar-refractivity contribution in [1.82, 2.24) is 10.3 Å². The number of pyridine rings is 1. The number of methoxy groups -OCH3 is 1. The highest BCUT2D eigenvalue weighted by molar-refractivity contribution is 5.46. The Labute approximate surface area is 154 Å². The first kappa shape index (κ1) is 18.0. The summed E-state index contributed by atoms with van der Waals surface area (Å²) < 4.78 is 11.6. The van der Waals surface area contributed by atoms with E-state index in [-0.39, 0.29) is 0 Å². The lowest BCUT2D eigenvalue weighted by atomic mass is 10.1. The average Bonchev–Trinajstić information content (AvgIpc) is 2.67. The first-order valence-electron chi connectivity index (χ1n) is 8.70. The number of nitrogens with one attached hydrogen (secondary N) is 1. The average molecular weight is 348 g/mol. The van der Waals surface area contributed by atoms with Gasteiger partial charge in [-0.25, -0.2) is 0 Å². The molecule has 4 nitrogen and oxygen atoms in total. The van der Waals surface area contributed by atoms with Crippen molar-refractivity contribution in [1.29, 1.82) is 0 Å². The number of nitrogens with zero attached hydrogens (tertiary/aromatic N) is 1. The zero-order valence-corrected chi connectivity index (χ0v) is 15.2. The number of hydrogen-bond acceptors (Lipinski definition) is 4. The molecule has 0 aliphatic rings. The minimum absolute atomic E-state index is 0.512. The van der Waals surface area contributed by atoms with Gasteiger partial charge in [0.2, 0.25) is 0 Å². The molecular weight excluding hydrogens is 324 g/mol. The van der Waals surface area contributed by atoms with E-state index in [4.69, 9.17) is 9.47 Å². The van der Waals surface area contributed by atoms with Crippen LogP contribution in [0.5, 0.6) is 11.5 Å². The molecule has 26 heavy (non-hydrogen) atoms. The van der Waals surface area contributed by atoms with Crippen molar-refractivity contribution in [3.63, 3.8) is 0 Å². The van der Waals surface area contributed by atoms with Gasteiger partial charge in [-0.3, -0.25) is 4.98 Å². The Morgan fingerprint density at radius 1 is 0.962 bits per heavy atom. The number of aryl methyl sites for hydroxylation is 1. The summed E-state index contributed by atoms with van der Waals surface area (Å²) in [6.07, 6.45) is 3.65. The smallest absolute Gasteiger partial charge is 0.166 e. The second-order valence-electron chi connectivity index (χ2n) is 6.19. The van der Waals surface area contributed by atoms with Crippen LogP contribution in [0.2, 0.25) is 0 Å². The molecule has 2 aromatic carbocycles. The van der Waals surface area contributed by atoms with E-state index in [1.165, 1.54) is 5.56 Å². The Morgan fingerprint density at radius 3 is 2.58 bits per heavy atom. The Kier molecular flexibility index (Phi) is 6.23. The molecule has 0 unspecified atom stereocenters. The van der Waals surface area contributed by atoms with Gasteiger partial charge in [-0.1, -0.05) is 48.0 Å². The van der Waals surface area contributed by atoms with Crippen LogP contribution in [0.3, 0.4) is 0 Å². The van der Waals surface area contributed by atoms with E-state index in [1.54, 1.807) is 13.3 Å². The standard InChI is InChI=1S/C22H24N2O2/c1-17-6-3-7-18(12-17)16-26-22-20(9-4-10-21(22)25-2)15-24-14-19-8-5-11-23-13-19/h3-13,24H,14-16H2,1-2H3. The zero-order chi connectivity index (χ0) is 18.2. The molecule has 0 saturated carbocycles. The van der Waals surface area contributed by atoms with Gasteiger partial charge in [0, 0.05) is 31.0 Å². The van der Waals surface area contributed by atoms with Gasteiger partial charge in [-0.05, 0) is 30.2 Å². The van der Waals surface area contributed by atoms with Crippen LogP contribution in [0.25, 0.3) is 0 Å². The highest BCUT2D eigenvalue weighted by Gasteiger charge is 2.11. The third-order valence-electron chi connectivity index (χ3n) is 4.11. The van der Waals surface area contributed by atoms with Crippen molar-refractivity contribution in [2.75, 3.05) is 7.11 Å². The maximum Gasteiger partial charge on any atom is 0.166 e. The van der Waals surface area contributed by atoms with Gasteiger partial charge in [0.25, 0.3) is 0 Å². The fraction of sp³-hybridized carbons (Fsp3) is 0.227. The van der Waals surface area contributed by atoms with Crippen LogP contribution in [-0.4, -0.2) is 12.1 Å². The van der Waals surface area contributed by atoms with Crippen LogP contribution in [0.1, 0.15) is 22.3 Å². The third-order valence-corrected chi connectivity index (χ3v) is 4.11. The van der Waals surface area contributed by atoms with E-state index >= 15 is 0 Å². The molecular formula is C22H24N2O2. The molecule has 0 fully saturated rings. The van der Waals surface area contributed by atoms with Gasteiger partial charge in [-0.2, -0.15) is 0 Å². The van der Waals surface area contributed by atoms with Crippen molar-refractivity contribution >= 4 is 0 Å². The number of ether oxygens (including phenoxy) is 2. The highest BCUT2D eigenvalue weighted by atomic mass is 16.5. The fourth-order valence-corrected chi connectivity index (χ4v) is 2.83. The molecule has 1 aromatic heterocycles. The SMILES string of the molecule is COc1cccc(CNCc2cccnc2)c1OCc1cccc(C)c1. The lowest BCUT2D eigenvalue weighted by Crippen LogP contribution is -2.14. The number of benzene rings is 2. The molecule has 0 atom stereocenters. The van der Waals surface area contributed by atoms with Crippen molar-refractivity contribution in [2.24, 2.45) is 0 Å². The summed E-state index contributed by atoms with van der Waals surface area (Å²) in [7, 11) is 1.67. The fourth-order valence-electron chi connectivity index (χ4n) is 2.83. The van der Waals surface area contributed by atoms with Crippen LogP contribution >= 0.6 is 0 Å². The summed E-state index contributed by atoms with van der Waals surface area (Å²) >= 11 is 0. The molecule has 0 radical (unpaired) electrons. The van der Waals surface area contributed by atoms with Crippen LogP contribution in [0.4, 0.5) is 0 Å². The molecule has 0 amide bonds. The summed E-state index contributed by atoms with van der Waals surface area (Å²) in [6, 6.07) is 18.3. The normalized spacial score (nSPS) is 10.5. The van der Waals surface area contributed by atoms with Crippen LogP contribution in [0.15, 0.2) is 67.0 Å². The summed E-state index contributed by atoms with van der Waals surface area (Å²) in [5, 5.41) is 3.44. The van der Waals surface area contributed by atoms with Crippen molar-refractivity contribution in [3.05, 3.63) is 89.2 Å². The predicted molar refractivity (Wildman–Crippen MR) is 103 cm³/mol. The van der Waals surface area contributed by atoms with E-state index in [0.717, 1.165) is 34.7 Å². The molecule has 134 valence electrons. The van der Waals surface area contributed by atoms with Gasteiger partial charge in [0.15, 0.2) is 11.5 Å². The van der Waals surface area contributed by atoms with E-state index in [0.29, 0.717) is 13.2 Å². The summed E-state index contributed by atoms with van der Waals surface area (Å²) in [5.41, 5.74) is 4.59. The number of aromatic nitrogens is 1. The second-order valence-corrected chi connectivity index (χ2v) is 6.19. The first-order chi connectivity index (χ1) is 12.8. The predicted octanol–water partition coefficient (Wildman–Crippen LogP) is 4.27. The summed E-state index contributed by atoms with van der Waals surface area (Å²) in [5.74, 6) is 1.54. The van der Waals surface area contributed by atoms with Crippen molar-refractivity contribution in [2.45, 2.75) is 26.6 Å². The van der Waals surface area contributed by atoms with E-state index in [9.17, 15) is 0 Å². The van der Waals surface area contributed by atoms with Crippen LogP contribution < -0.4 is 14.8 Å². The molecule has 3 aromatic rings. The van der Waals surface area contributed by atoms with E-state index in [2.05, 4.69) is 47.6 Å². The zero-order valence-electron chi connectivity index (χ0n) is 15.2. The highest BCUT2D eigenvalue weighted by Crippen LogP contribution is 2.32. The van der Waals surface area contributed by atoms with E-state index < -0.39 is 0 Å². The second kappa shape index (κ2) is 9.02. The Morgan fingerprint density at radius 2 is 1.81 bits per heavy atom. The summed E-state index contributed by atoms with van der Waals surface area (Å²) in [6.45, 7) is 4.04. The molecule has 0 aliphatic heterocycles. The van der Waals surface area contributed by atoms with Gasteiger partial charge in [0.1, 0.15) is 6.61 Å². The van der Waals surface area contributed by atoms with Gasteiger partial charge >= 0.3 is 0 Å². The molecule has 1 heterocycles. The molecule has 0 aliphatic carbocycles. The minimum atomic E-state index is 0.512. The Bertz CT molecular complexity index is 835. The van der Waals surface area contributed by atoms with Crippen molar-refractivity contribution in [3.8, 4) is 11.5 Å². The lowest BCUT2D eigenvalue weighted by molar-refractivity contribution is 0.280. The largest absolute Gasteiger partial charge is 0.493 e. The maximum absolute atomic E-state index is 6.13. The Balaban J connectivity index is 1.69. The maximum atomic E-state index is 6.13. The Hall–Kier alpha value is -2.85. The monoisotopic (exact) mass is 348 g/mol. The number of rotatable bonds is 8. The molecule has 0 spiro atoms. The van der Waals surface area contributed by atoms with Crippen molar-refractivity contribution < 1.29 is 9.47 Å². The van der Waals surface area contributed by atoms with Gasteiger partial charge in [0.05, 0.1) is 7.11 Å². The van der Waals surface area contributed by atoms with E-state index in [1.807, 2.05) is 30.5 Å². The lowest BCUT2D eigenvalue weighted by Gasteiger charge is -2.16. The first-order valence-corrected chi connectivity index (χ1v) is 8.70. The van der Waals surface area contributed by atoms with Gasteiger partial charge in [-0.15, -0.1) is 0 Å². The topological polar surface area (TPSA) is 43.4 Å². The third kappa shape index (κ3) is 4.83. The summed E-state index contributed by atoms with van der Waals surface area (Å²) in [4.78, 5) is 4.14. The number of hydrogen-bond donors (Lipinski definition) is 1. The molecule has 4 heteroatoms.